The predicted octanol–water partition coefficient (Wildman–Crippen LogP) is 4.55. The van der Waals surface area contributed by atoms with E-state index >= 15 is 0 Å². The van der Waals surface area contributed by atoms with Crippen molar-refractivity contribution >= 4 is 16.7 Å². The number of para-hydroxylation sites is 1. The molecule has 28 heavy (non-hydrogen) atoms. The fourth-order valence-corrected chi connectivity index (χ4v) is 3.93. The summed E-state index contributed by atoms with van der Waals surface area (Å²) in [6, 6.07) is 18.6. The molecule has 0 saturated heterocycles. The van der Waals surface area contributed by atoms with Crippen molar-refractivity contribution in [2.45, 2.75) is 32.7 Å². The minimum absolute atomic E-state index is 0.643. The molecule has 1 atom stereocenters. The van der Waals surface area contributed by atoms with Crippen LogP contribution in [0.5, 0.6) is 0 Å². The van der Waals surface area contributed by atoms with E-state index in [1.807, 2.05) is 29.1 Å². The van der Waals surface area contributed by atoms with Gasteiger partial charge in [-0.2, -0.15) is 14.8 Å². The zero-order valence-electron chi connectivity index (χ0n) is 16.0. The number of rotatable bonds is 4. The first-order valence-corrected chi connectivity index (χ1v) is 9.88. The smallest absolute Gasteiger partial charge is 0.253 e. The van der Waals surface area contributed by atoms with Gasteiger partial charge in [0.1, 0.15) is 5.82 Å². The zero-order chi connectivity index (χ0) is 18.9. The normalized spacial score (nSPS) is 16.1. The van der Waals surface area contributed by atoms with Gasteiger partial charge in [0.05, 0.1) is 17.4 Å². The molecular formula is C23H23N5. The number of nitrogens with one attached hydrogen (secondary N) is 1. The van der Waals surface area contributed by atoms with Crippen LogP contribution in [-0.4, -0.2) is 19.7 Å². The van der Waals surface area contributed by atoms with Crippen molar-refractivity contribution < 1.29 is 0 Å². The maximum atomic E-state index is 4.92. The molecule has 1 aliphatic carbocycles. The van der Waals surface area contributed by atoms with Crippen LogP contribution in [0.1, 0.15) is 30.2 Å². The summed E-state index contributed by atoms with van der Waals surface area (Å²) >= 11 is 0. The van der Waals surface area contributed by atoms with Gasteiger partial charge >= 0.3 is 0 Å². The summed E-state index contributed by atoms with van der Waals surface area (Å²) in [6.45, 7) is 3.05. The highest BCUT2D eigenvalue weighted by Gasteiger charge is 2.22. The Hall–Kier alpha value is -3.21. The fraction of sp³-hybridized carbons (Fsp3) is 0.261. The summed E-state index contributed by atoms with van der Waals surface area (Å²) in [6.07, 6.45) is 5.07. The van der Waals surface area contributed by atoms with E-state index in [1.54, 1.807) is 0 Å². The second kappa shape index (κ2) is 7.08. The standard InChI is InChI=1S/C23H23N5/c1-16-11-12-19-20(13-16)26-23(28-21-10-6-5-9-18(21)15-25-28)27-22(19)24-14-17-7-3-2-4-8-17/h2-10,15-16H,11-14H2,1H3,(H,24,26,27). The van der Waals surface area contributed by atoms with E-state index in [9.17, 15) is 0 Å². The van der Waals surface area contributed by atoms with Crippen LogP contribution in [0.25, 0.3) is 16.9 Å². The fourth-order valence-electron chi connectivity index (χ4n) is 3.93. The molecule has 1 aliphatic rings. The van der Waals surface area contributed by atoms with Crippen LogP contribution in [0.15, 0.2) is 60.8 Å². The van der Waals surface area contributed by atoms with Crippen molar-refractivity contribution in [1.29, 1.82) is 0 Å². The Morgan fingerprint density at radius 3 is 2.75 bits per heavy atom. The largest absolute Gasteiger partial charge is 0.366 e. The summed E-state index contributed by atoms with van der Waals surface area (Å²) in [7, 11) is 0. The molecule has 2 heterocycles. The first kappa shape index (κ1) is 16.9. The molecule has 140 valence electrons. The van der Waals surface area contributed by atoms with E-state index in [0.29, 0.717) is 11.9 Å². The second-order valence-electron chi connectivity index (χ2n) is 7.60. The molecular weight excluding hydrogens is 346 g/mol. The van der Waals surface area contributed by atoms with Crippen molar-refractivity contribution in [2.24, 2.45) is 5.92 Å². The van der Waals surface area contributed by atoms with Crippen molar-refractivity contribution in [3.8, 4) is 5.95 Å². The van der Waals surface area contributed by atoms with Crippen LogP contribution in [-0.2, 0) is 19.4 Å². The number of nitrogens with zero attached hydrogens (tertiary/aromatic N) is 4. The third-order valence-corrected chi connectivity index (χ3v) is 5.48. The Bertz CT molecular complexity index is 1120. The third kappa shape index (κ3) is 3.13. The van der Waals surface area contributed by atoms with Crippen LogP contribution in [0.4, 0.5) is 5.82 Å². The maximum Gasteiger partial charge on any atom is 0.253 e. The molecule has 0 fully saturated rings. The SMILES string of the molecule is CC1CCc2c(nc(-n3ncc4ccccc43)nc2NCc2ccccc2)C1. The minimum Gasteiger partial charge on any atom is -0.366 e. The van der Waals surface area contributed by atoms with Crippen molar-refractivity contribution in [1.82, 2.24) is 19.7 Å². The molecule has 5 nitrogen and oxygen atoms in total. The maximum absolute atomic E-state index is 4.92. The lowest BCUT2D eigenvalue weighted by atomic mass is 9.88. The molecule has 0 saturated carbocycles. The van der Waals surface area contributed by atoms with E-state index < -0.39 is 0 Å². The van der Waals surface area contributed by atoms with Crippen LogP contribution in [0.3, 0.4) is 0 Å². The highest BCUT2D eigenvalue weighted by molar-refractivity contribution is 5.79. The van der Waals surface area contributed by atoms with Crippen LogP contribution < -0.4 is 5.32 Å². The topological polar surface area (TPSA) is 55.6 Å². The number of fused-ring (bicyclic) bond motifs is 2. The summed E-state index contributed by atoms with van der Waals surface area (Å²) in [4.78, 5) is 9.82. The molecule has 4 aromatic rings. The lowest BCUT2D eigenvalue weighted by Crippen LogP contribution is -2.19. The molecule has 2 aromatic heterocycles. The van der Waals surface area contributed by atoms with E-state index in [0.717, 1.165) is 41.8 Å². The van der Waals surface area contributed by atoms with E-state index in [1.165, 1.54) is 17.5 Å². The van der Waals surface area contributed by atoms with Gasteiger partial charge in [0.2, 0.25) is 0 Å². The van der Waals surface area contributed by atoms with Crippen molar-refractivity contribution in [3.05, 3.63) is 77.6 Å². The average molecular weight is 369 g/mol. The van der Waals surface area contributed by atoms with Gasteiger partial charge in [0, 0.05) is 17.5 Å². The number of hydrogen-bond acceptors (Lipinski definition) is 4. The molecule has 0 bridgehead atoms. The summed E-state index contributed by atoms with van der Waals surface area (Å²) in [5.41, 5.74) is 4.68. The molecule has 1 N–H and O–H groups in total. The third-order valence-electron chi connectivity index (χ3n) is 5.48. The Morgan fingerprint density at radius 1 is 1.04 bits per heavy atom. The molecule has 0 aliphatic heterocycles. The van der Waals surface area contributed by atoms with Gasteiger partial charge in [-0.1, -0.05) is 55.5 Å². The monoisotopic (exact) mass is 369 g/mol. The molecule has 2 aromatic carbocycles. The lowest BCUT2D eigenvalue weighted by molar-refractivity contribution is 0.490. The summed E-state index contributed by atoms with van der Waals surface area (Å²) in [5.74, 6) is 2.23. The molecule has 0 amide bonds. The summed E-state index contributed by atoms with van der Waals surface area (Å²) in [5, 5.41) is 9.21. The van der Waals surface area contributed by atoms with Crippen molar-refractivity contribution in [2.75, 3.05) is 5.32 Å². The molecule has 5 rings (SSSR count). The molecule has 0 radical (unpaired) electrons. The predicted molar refractivity (Wildman–Crippen MR) is 112 cm³/mol. The molecule has 0 spiro atoms. The Labute approximate surface area is 164 Å². The molecule has 1 unspecified atom stereocenters. The van der Waals surface area contributed by atoms with Gasteiger partial charge < -0.3 is 5.32 Å². The Morgan fingerprint density at radius 2 is 1.86 bits per heavy atom. The quantitative estimate of drug-likeness (QED) is 0.573. The van der Waals surface area contributed by atoms with Gasteiger partial charge in [-0.25, -0.2) is 4.98 Å². The van der Waals surface area contributed by atoms with Gasteiger partial charge in [-0.05, 0) is 36.8 Å². The number of benzene rings is 2. The summed E-state index contributed by atoms with van der Waals surface area (Å²) < 4.78 is 1.85. The first-order chi connectivity index (χ1) is 13.8. The number of anilines is 1. The van der Waals surface area contributed by atoms with Crippen LogP contribution in [0.2, 0.25) is 0 Å². The van der Waals surface area contributed by atoms with Gasteiger partial charge in [-0.15, -0.1) is 0 Å². The van der Waals surface area contributed by atoms with E-state index in [4.69, 9.17) is 9.97 Å². The number of aromatic nitrogens is 4. The van der Waals surface area contributed by atoms with E-state index in [-0.39, 0.29) is 0 Å². The minimum atomic E-state index is 0.643. The van der Waals surface area contributed by atoms with Crippen LogP contribution >= 0.6 is 0 Å². The zero-order valence-corrected chi connectivity index (χ0v) is 16.0. The average Bonchev–Trinajstić information content (AvgIpc) is 3.16. The Balaban J connectivity index is 1.57. The van der Waals surface area contributed by atoms with Gasteiger partial charge in [0.15, 0.2) is 0 Å². The van der Waals surface area contributed by atoms with Gasteiger partial charge in [-0.3, -0.25) is 0 Å². The lowest BCUT2D eigenvalue weighted by Gasteiger charge is -2.23. The second-order valence-corrected chi connectivity index (χ2v) is 7.60. The van der Waals surface area contributed by atoms with Crippen LogP contribution in [0, 0.1) is 5.92 Å². The van der Waals surface area contributed by atoms with Crippen molar-refractivity contribution in [3.63, 3.8) is 0 Å². The highest BCUT2D eigenvalue weighted by Crippen LogP contribution is 2.30. The van der Waals surface area contributed by atoms with Gasteiger partial charge in [0.25, 0.3) is 5.95 Å². The highest BCUT2D eigenvalue weighted by atomic mass is 15.4. The first-order valence-electron chi connectivity index (χ1n) is 9.88. The molecule has 5 heteroatoms. The van der Waals surface area contributed by atoms with E-state index in [2.05, 4.69) is 53.7 Å². The Kier molecular flexibility index (Phi) is 4.28. The number of hydrogen-bond donors (Lipinski definition) is 1.